The lowest BCUT2D eigenvalue weighted by Gasteiger charge is -2.13. The quantitative estimate of drug-likeness (QED) is 0.756. The van der Waals surface area contributed by atoms with Crippen molar-refractivity contribution in [1.29, 1.82) is 0 Å². The third-order valence-electron chi connectivity index (χ3n) is 2.26. The molecule has 4 nitrogen and oxygen atoms in total. The van der Waals surface area contributed by atoms with Crippen LogP contribution >= 0.6 is 11.8 Å². The highest BCUT2D eigenvalue weighted by atomic mass is 32.2. The Labute approximate surface area is 106 Å². The normalized spacial score (nSPS) is 10.1. The second kappa shape index (κ2) is 7.29. The second-order valence-corrected chi connectivity index (χ2v) is 4.48. The van der Waals surface area contributed by atoms with E-state index in [9.17, 15) is 0 Å². The van der Waals surface area contributed by atoms with Crippen LogP contribution in [0.2, 0.25) is 0 Å². The molecule has 17 heavy (non-hydrogen) atoms. The predicted molar refractivity (Wildman–Crippen MR) is 71.3 cm³/mol. The third kappa shape index (κ3) is 3.71. The molecule has 0 saturated heterocycles. The molecular weight excluding hydrogens is 238 g/mol. The lowest BCUT2D eigenvalue weighted by Crippen LogP contribution is -2.01. The molecule has 5 heteroatoms. The van der Waals surface area contributed by atoms with Crippen LogP contribution in [-0.2, 0) is 5.75 Å². The smallest absolute Gasteiger partial charge is 0.203 e. The Morgan fingerprint density at radius 1 is 1.06 bits per heavy atom. The van der Waals surface area contributed by atoms with Crippen LogP contribution in [-0.4, -0.2) is 33.6 Å². The summed E-state index contributed by atoms with van der Waals surface area (Å²) in [6, 6.07) is 3.93. The first-order valence-corrected chi connectivity index (χ1v) is 6.49. The maximum atomic E-state index is 5.46. The SMILES string of the molecule is COc1cc(CSCCN)cc(OC)c1OC. The summed E-state index contributed by atoms with van der Waals surface area (Å²) >= 11 is 1.78. The number of benzene rings is 1. The Balaban J connectivity index is 2.92. The molecule has 0 fully saturated rings. The Hall–Kier alpha value is -1.07. The Kier molecular flexibility index (Phi) is 6.00. The maximum Gasteiger partial charge on any atom is 0.203 e. The van der Waals surface area contributed by atoms with Gasteiger partial charge in [-0.05, 0) is 17.7 Å². The van der Waals surface area contributed by atoms with E-state index in [1.807, 2.05) is 12.1 Å². The van der Waals surface area contributed by atoms with Gasteiger partial charge in [0, 0.05) is 18.1 Å². The fraction of sp³-hybridized carbons (Fsp3) is 0.500. The van der Waals surface area contributed by atoms with Crippen molar-refractivity contribution in [1.82, 2.24) is 0 Å². The van der Waals surface area contributed by atoms with Crippen LogP contribution in [0.5, 0.6) is 17.2 Å². The van der Waals surface area contributed by atoms with Crippen LogP contribution in [0.15, 0.2) is 12.1 Å². The van der Waals surface area contributed by atoms with Gasteiger partial charge in [-0.2, -0.15) is 11.8 Å². The van der Waals surface area contributed by atoms with Crippen LogP contribution < -0.4 is 19.9 Å². The standard InChI is InChI=1S/C12H19NO3S/c1-14-10-6-9(8-17-5-4-13)7-11(15-2)12(10)16-3/h6-7H,4-5,8,13H2,1-3H3. The molecule has 0 spiro atoms. The van der Waals surface area contributed by atoms with Crippen molar-refractivity contribution in [3.8, 4) is 17.2 Å². The van der Waals surface area contributed by atoms with E-state index in [0.717, 1.165) is 17.1 Å². The molecule has 2 N–H and O–H groups in total. The minimum atomic E-state index is 0.627. The third-order valence-corrected chi connectivity index (χ3v) is 3.32. The molecule has 1 aromatic carbocycles. The first kappa shape index (κ1) is 14.0. The molecule has 0 heterocycles. The molecule has 0 bridgehead atoms. The van der Waals surface area contributed by atoms with E-state index >= 15 is 0 Å². The van der Waals surface area contributed by atoms with E-state index in [0.29, 0.717) is 23.8 Å². The zero-order chi connectivity index (χ0) is 12.7. The van der Waals surface area contributed by atoms with E-state index in [1.54, 1.807) is 33.1 Å². The summed E-state index contributed by atoms with van der Waals surface area (Å²) < 4.78 is 15.8. The fourth-order valence-corrected chi connectivity index (χ4v) is 2.21. The van der Waals surface area contributed by atoms with Gasteiger partial charge in [-0.25, -0.2) is 0 Å². The lowest BCUT2D eigenvalue weighted by molar-refractivity contribution is 0.324. The van der Waals surface area contributed by atoms with Gasteiger partial charge in [-0.1, -0.05) is 0 Å². The number of hydrogen-bond donors (Lipinski definition) is 1. The first-order valence-electron chi connectivity index (χ1n) is 5.33. The fourth-order valence-electron chi connectivity index (χ4n) is 1.49. The highest BCUT2D eigenvalue weighted by molar-refractivity contribution is 7.98. The zero-order valence-electron chi connectivity index (χ0n) is 10.5. The summed E-state index contributed by atoms with van der Waals surface area (Å²) in [4.78, 5) is 0. The number of rotatable bonds is 7. The van der Waals surface area contributed by atoms with Gasteiger partial charge in [-0.15, -0.1) is 0 Å². The van der Waals surface area contributed by atoms with Gasteiger partial charge < -0.3 is 19.9 Å². The molecule has 0 aromatic heterocycles. The summed E-state index contributed by atoms with van der Waals surface area (Å²) in [6.45, 7) is 0.690. The van der Waals surface area contributed by atoms with Crippen molar-refractivity contribution in [3.05, 3.63) is 17.7 Å². The van der Waals surface area contributed by atoms with Crippen LogP contribution in [0.25, 0.3) is 0 Å². The van der Waals surface area contributed by atoms with Crippen LogP contribution in [0.3, 0.4) is 0 Å². The summed E-state index contributed by atoms with van der Waals surface area (Å²) in [6.07, 6.45) is 0. The van der Waals surface area contributed by atoms with Crippen molar-refractivity contribution < 1.29 is 14.2 Å². The molecule has 1 rings (SSSR count). The minimum Gasteiger partial charge on any atom is -0.493 e. The Bertz CT molecular complexity index is 333. The highest BCUT2D eigenvalue weighted by Gasteiger charge is 2.12. The number of nitrogens with two attached hydrogens (primary N) is 1. The summed E-state index contributed by atoms with van der Waals surface area (Å²) in [7, 11) is 4.84. The summed E-state index contributed by atoms with van der Waals surface area (Å²) in [5, 5.41) is 0. The van der Waals surface area contributed by atoms with Crippen molar-refractivity contribution in [2.75, 3.05) is 33.6 Å². The van der Waals surface area contributed by atoms with Gasteiger partial charge >= 0.3 is 0 Å². The zero-order valence-corrected chi connectivity index (χ0v) is 11.3. The molecule has 0 radical (unpaired) electrons. The lowest BCUT2D eigenvalue weighted by atomic mass is 10.2. The maximum absolute atomic E-state index is 5.46. The van der Waals surface area contributed by atoms with E-state index in [2.05, 4.69) is 0 Å². The predicted octanol–water partition coefficient (Wildman–Crippen LogP) is 1.90. The molecule has 0 saturated carbocycles. The van der Waals surface area contributed by atoms with Crippen LogP contribution in [0, 0.1) is 0 Å². The topological polar surface area (TPSA) is 53.7 Å². The van der Waals surface area contributed by atoms with Crippen molar-refractivity contribution >= 4 is 11.8 Å². The molecule has 96 valence electrons. The Morgan fingerprint density at radius 3 is 2.06 bits per heavy atom. The molecule has 0 aliphatic rings. The van der Waals surface area contributed by atoms with Gasteiger partial charge in [0.1, 0.15) is 0 Å². The average Bonchev–Trinajstić information content (AvgIpc) is 2.37. The second-order valence-electron chi connectivity index (χ2n) is 3.37. The van der Waals surface area contributed by atoms with Crippen LogP contribution in [0.4, 0.5) is 0 Å². The minimum absolute atomic E-state index is 0.627. The molecule has 0 aliphatic carbocycles. The number of ether oxygens (including phenoxy) is 3. The molecular formula is C12H19NO3S. The molecule has 0 unspecified atom stereocenters. The Morgan fingerprint density at radius 2 is 1.65 bits per heavy atom. The number of hydrogen-bond acceptors (Lipinski definition) is 5. The van der Waals surface area contributed by atoms with Crippen LogP contribution in [0.1, 0.15) is 5.56 Å². The monoisotopic (exact) mass is 257 g/mol. The van der Waals surface area contributed by atoms with Crippen molar-refractivity contribution in [2.45, 2.75) is 5.75 Å². The van der Waals surface area contributed by atoms with E-state index in [4.69, 9.17) is 19.9 Å². The highest BCUT2D eigenvalue weighted by Crippen LogP contribution is 2.38. The van der Waals surface area contributed by atoms with Gasteiger partial charge in [0.05, 0.1) is 21.3 Å². The van der Waals surface area contributed by atoms with Crippen molar-refractivity contribution in [2.24, 2.45) is 5.73 Å². The molecule has 1 aromatic rings. The number of thioether (sulfide) groups is 1. The van der Waals surface area contributed by atoms with Crippen molar-refractivity contribution in [3.63, 3.8) is 0 Å². The van der Waals surface area contributed by atoms with E-state index in [-0.39, 0.29) is 0 Å². The number of methoxy groups -OCH3 is 3. The van der Waals surface area contributed by atoms with Gasteiger partial charge in [0.2, 0.25) is 5.75 Å². The molecule has 0 aliphatic heterocycles. The molecule has 0 amide bonds. The summed E-state index contributed by atoms with van der Waals surface area (Å²) in [5.41, 5.74) is 6.60. The average molecular weight is 257 g/mol. The van der Waals surface area contributed by atoms with Gasteiger partial charge in [0.25, 0.3) is 0 Å². The van der Waals surface area contributed by atoms with Gasteiger partial charge in [0.15, 0.2) is 11.5 Å². The largest absolute Gasteiger partial charge is 0.493 e. The summed E-state index contributed by atoms with van der Waals surface area (Å²) in [5.74, 6) is 3.83. The molecule has 0 atom stereocenters. The first-order chi connectivity index (χ1) is 8.26. The van der Waals surface area contributed by atoms with E-state index in [1.165, 1.54) is 0 Å². The van der Waals surface area contributed by atoms with E-state index < -0.39 is 0 Å². The van der Waals surface area contributed by atoms with Gasteiger partial charge in [-0.3, -0.25) is 0 Å².